The maximum atomic E-state index is 12.8. The number of rotatable bonds is 5. The van der Waals surface area contributed by atoms with E-state index in [9.17, 15) is 9.59 Å². The first-order valence-corrected chi connectivity index (χ1v) is 12.0. The summed E-state index contributed by atoms with van der Waals surface area (Å²) in [6.45, 7) is 7.24. The molecule has 3 aliphatic rings. The Balaban J connectivity index is 1.34. The van der Waals surface area contributed by atoms with Crippen LogP contribution >= 0.6 is 23.4 Å². The minimum atomic E-state index is -0.279. The predicted octanol–water partition coefficient (Wildman–Crippen LogP) is 5.54. The van der Waals surface area contributed by atoms with E-state index in [1.54, 1.807) is 17.8 Å². The van der Waals surface area contributed by atoms with Crippen molar-refractivity contribution in [3.63, 3.8) is 0 Å². The molecule has 164 valence electrons. The van der Waals surface area contributed by atoms with E-state index in [0.29, 0.717) is 29.7 Å². The van der Waals surface area contributed by atoms with E-state index >= 15 is 0 Å². The molecule has 2 amide bonds. The number of nitrogens with zero attached hydrogens (tertiary/aromatic N) is 2. The molecule has 1 N–H and O–H groups in total. The van der Waals surface area contributed by atoms with Crippen molar-refractivity contribution < 1.29 is 9.59 Å². The second kappa shape index (κ2) is 8.91. The smallest absolute Gasteiger partial charge is 0.261 e. The lowest BCUT2D eigenvalue weighted by Crippen LogP contribution is -2.28. The Morgan fingerprint density at radius 1 is 1.26 bits per heavy atom. The fourth-order valence-corrected chi connectivity index (χ4v) is 5.96. The van der Waals surface area contributed by atoms with E-state index in [4.69, 9.17) is 11.6 Å². The first-order chi connectivity index (χ1) is 14.7. The fourth-order valence-electron chi connectivity index (χ4n) is 4.36. The third-order valence-electron chi connectivity index (χ3n) is 6.33. The lowest BCUT2D eigenvalue weighted by atomic mass is 9.71. The van der Waals surface area contributed by atoms with Gasteiger partial charge in [0.1, 0.15) is 11.8 Å². The lowest BCUT2D eigenvalue weighted by Gasteiger charge is -2.34. The number of amidine groups is 1. The van der Waals surface area contributed by atoms with Crippen LogP contribution < -0.4 is 5.32 Å². The summed E-state index contributed by atoms with van der Waals surface area (Å²) in [4.78, 5) is 35.3. The van der Waals surface area contributed by atoms with Crippen LogP contribution in [0.3, 0.4) is 0 Å². The lowest BCUT2D eigenvalue weighted by molar-refractivity contribution is -0.121. The van der Waals surface area contributed by atoms with Crippen molar-refractivity contribution in [3.8, 4) is 0 Å². The summed E-state index contributed by atoms with van der Waals surface area (Å²) in [5.74, 6) is 0.574. The Kier molecular flexibility index (Phi) is 6.40. The topological polar surface area (TPSA) is 70.9 Å². The number of thioether (sulfide) groups is 1. The summed E-state index contributed by atoms with van der Waals surface area (Å²) in [6, 6.07) is 7.43. The van der Waals surface area contributed by atoms with Gasteiger partial charge < -0.3 is 5.32 Å². The maximum absolute atomic E-state index is 12.8. The van der Waals surface area contributed by atoms with E-state index in [1.165, 1.54) is 10.5 Å². The first-order valence-electron chi connectivity index (χ1n) is 10.8. The fraction of sp³-hybridized carbons (Fsp3) is 0.500. The van der Waals surface area contributed by atoms with Gasteiger partial charge in [-0.25, -0.2) is 4.99 Å². The first kappa shape index (κ1) is 22.3. The van der Waals surface area contributed by atoms with Gasteiger partial charge in [-0.05, 0) is 52.7 Å². The van der Waals surface area contributed by atoms with Crippen LogP contribution in [0.25, 0.3) is 0 Å². The van der Waals surface area contributed by atoms with Crippen molar-refractivity contribution in [1.29, 1.82) is 0 Å². The highest BCUT2D eigenvalue weighted by Crippen LogP contribution is 2.52. The number of carbonyl (C=O) groups excluding carboxylic acids is 2. The molecule has 0 fully saturated rings. The molecule has 0 radical (unpaired) electrons. The van der Waals surface area contributed by atoms with Crippen LogP contribution in [0.1, 0.15) is 58.4 Å². The summed E-state index contributed by atoms with van der Waals surface area (Å²) in [7, 11) is 0. The van der Waals surface area contributed by atoms with E-state index < -0.39 is 0 Å². The monoisotopic (exact) mass is 457 g/mol. The quantitative estimate of drug-likeness (QED) is 0.631. The molecular formula is C24H28ClN3O2S. The van der Waals surface area contributed by atoms with Gasteiger partial charge in [0.25, 0.3) is 5.91 Å². The molecule has 2 aliphatic heterocycles. The van der Waals surface area contributed by atoms with E-state index in [0.717, 1.165) is 29.9 Å². The number of allylic oxidation sites excluding steroid dienone is 1. The molecule has 0 aromatic heterocycles. The zero-order valence-corrected chi connectivity index (χ0v) is 19.8. The Hall–Kier alpha value is -1.92. The van der Waals surface area contributed by atoms with Gasteiger partial charge >= 0.3 is 0 Å². The highest BCUT2D eigenvalue weighted by Gasteiger charge is 2.43. The Bertz CT molecular complexity index is 1010. The van der Waals surface area contributed by atoms with Gasteiger partial charge in [0, 0.05) is 24.4 Å². The normalized spacial score (nSPS) is 23.2. The number of aliphatic imine (C=N–C) groups is 2. The highest BCUT2D eigenvalue weighted by atomic mass is 35.5. The number of halogens is 1. The maximum Gasteiger partial charge on any atom is 0.261 e. The third-order valence-corrected chi connectivity index (χ3v) is 7.92. The summed E-state index contributed by atoms with van der Waals surface area (Å²) >= 11 is 7.79. The molecule has 1 aromatic carbocycles. The van der Waals surface area contributed by atoms with Crippen molar-refractivity contribution in [2.45, 2.75) is 59.4 Å². The summed E-state index contributed by atoms with van der Waals surface area (Å²) in [5, 5.41) is 4.35. The molecule has 4 rings (SSSR count). The Labute approximate surface area is 192 Å². The number of hydrogen-bond donors (Lipinski definition) is 1. The van der Waals surface area contributed by atoms with Crippen molar-refractivity contribution in [2.75, 3.05) is 0 Å². The molecule has 2 heterocycles. The molecule has 1 aromatic rings. The summed E-state index contributed by atoms with van der Waals surface area (Å²) in [6.07, 6.45) is 3.68. The zero-order valence-electron chi connectivity index (χ0n) is 18.2. The number of hydrogen-bond acceptors (Lipinski definition) is 4. The average molecular weight is 458 g/mol. The molecule has 0 saturated carbocycles. The van der Waals surface area contributed by atoms with Gasteiger partial charge in [0.15, 0.2) is 0 Å². The molecule has 31 heavy (non-hydrogen) atoms. The molecule has 7 heteroatoms. The van der Waals surface area contributed by atoms with Crippen LogP contribution in [0.2, 0.25) is 5.02 Å². The molecule has 5 nitrogen and oxygen atoms in total. The molecule has 2 unspecified atom stereocenters. The largest absolute Gasteiger partial charge is 0.352 e. The van der Waals surface area contributed by atoms with Crippen molar-refractivity contribution >= 4 is 46.1 Å². The summed E-state index contributed by atoms with van der Waals surface area (Å²) in [5.41, 5.74) is 2.37. The third kappa shape index (κ3) is 4.96. The van der Waals surface area contributed by atoms with E-state index in [2.05, 4.69) is 36.1 Å². The minimum absolute atomic E-state index is 0.109. The van der Waals surface area contributed by atoms with Crippen LogP contribution in [0, 0.1) is 17.3 Å². The van der Waals surface area contributed by atoms with Crippen molar-refractivity contribution in [1.82, 2.24) is 5.32 Å². The van der Waals surface area contributed by atoms with Gasteiger partial charge in [-0.1, -0.05) is 62.3 Å². The Morgan fingerprint density at radius 3 is 2.77 bits per heavy atom. The number of benzene rings is 1. The van der Waals surface area contributed by atoms with Gasteiger partial charge in [-0.3, -0.25) is 9.59 Å². The van der Waals surface area contributed by atoms with Gasteiger partial charge in [0.05, 0.1) is 5.04 Å². The van der Waals surface area contributed by atoms with Gasteiger partial charge in [-0.2, -0.15) is 4.99 Å². The second-order valence-corrected chi connectivity index (χ2v) is 11.0. The zero-order chi connectivity index (χ0) is 22.2. The van der Waals surface area contributed by atoms with Crippen LogP contribution in [-0.2, 0) is 16.1 Å². The molecular weight excluding hydrogens is 430 g/mol. The molecule has 2 atom stereocenters. The van der Waals surface area contributed by atoms with Crippen LogP contribution in [-0.4, -0.2) is 22.7 Å². The van der Waals surface area contributed by atoms with Crippen molar-refractivity contribution in [3.05, 3.63) is 45.3 Å². The number of fused-ring (bicyclic) bond motifs is 2. The molecule has 0 saturated heterocycles. The standard InChI is InChI=1S/C24H28ClN3O2S/c1-24(2,3)15-8-9-16-18(12-15)31-23-21(16)22(30)27-19(28-23)10-11-20(29)26-13-14-6-4-5-7-17(14)25/h4-7,15,21H,8-13H2,1-3H3,(H,26,29). The van der Waals surface area contributed by atoms with Gasteiger partial charge in [0.2, 0.25) is 5.91 Å². The molecule has 0 bridgehead atoms. The highest BCUT2D eigenvalue weighted by molar-refractivity contribution is 8.17. The predicted molar refractivity (Wildman–Crippen MR) is 127 cm³/mol. The summed E-state index contributed by atoms with van der Waals surface area (Å²) < 4.78 is 0. The number of carbonyl (C=O) groups is 2. The molecule has 0 spiro atoms. The van der Waals surface area contributed by atoms with Crippen LogP contribution in [0.5, 0.6) is 0 Å². The van der Waals surface area contributed by atoms with Crippen LogP contribution in [0.15, 0.2) is 44.7 Å². The number of nitrogens with one attached hydrogen (secondary N) is 1. The van der Waals surface area contributed by atoms with Crippen LogP contribution in [0.4, 0.5) is 0 Å². The van der Waals surface area contributed by atoms with Gasteiger partial charge in [-0.15, -0.1) is 0 Å². The average Bonchev–Trinajstić information content (AvgIpc) is 3.09. The second-order valence-electron chi connectivity index (χ2n) is 9.47. The molecule has 1 aliphatic carbocycles. The SMILES string of the molecule is CC(C)(C)C1CCC2=C(C1)SC1=NC(CCC(=O)NCc3ccccc3Cl)=NC(=O)C12. The van der Waals surface area contributed by atoms with Crippen molar-refractivity contribution in [2.24, 2.45) is 27.2 Å². The van der Waals surface area contributed by atoms with E-state index in [-0.39, 0.29) is 29.6 Å². The minimum Gasteiger partial charge on any atom is -0.352 e. The number of amides is 2. The van der Waals surface area contributed by atoms with E-state index in [1.807, 2.05) is 18.2 Å². The Morgan fingerprint density at radius 2 is 2.03 bits per heavy atom.